The van der Waals surface area contributed by atoms with Crippen LogP contribution in [0.5, 0.6) is 0 Å². The predicted octanol–water partition coefficient (Wildman–Crippen LogP) is 0.288. The second-order valence-corrected chi connectivity index (χ2v) is 2.46. The Bertz CT molecular complexity index is 172. The third kappa shape index (κ3) is 6.35. The van der Waals surface area contributed by atoms with Gasteiger partial charge < -0.3 is 10.8 Å². The SMILES string of the molecule is NCCCC(NC(F)(F)F)C(=O)O. The summed E-state index contributed by atoms with van der Waals surface area (Å²) in [6, 6.07) is -1.61. The van der Waals surface area contributed by atoms with E-state index < -0.39 is 18.3 Å². The van der Waals surface area contributed by atoms with Crippen LogP contribution in [0.3, 0.4) is 0 Å². The number of hydrogen-bond donors (Lipinski definition) is 3. The second-order valence-electron chi connectivity index (χ2n) is 2.46. The van der Waals surface area contributed by atoms with E-state index in [9.17, 15) is 18.0 Å². The first kappa shape index (κ1) is 12.2. The Balaban J connectivity index is 4.03. The van der Waals surface area contributed by atoms with E-state index in [-0.39, 0.29) is 19.4 Å². The molecule has 0 aromatic rings. The number of hydrogen-bond acceptors (Lipinski definition) is 3. The Labute approximate surface area is 72.9 Å². The summed E-state index contributed by atoms with van der Waals surface area (Å²) in [5.74, 6) is -1.52. The minimum atomic E-state index is -4.67. The van der Waals surface area contributed by atoms with Gasteiger partial charge in [-0.2, -0.15) is 13.2 Å². The average Bonchev–Trinajstić information content (AvgIpc) is 1.95. The minimum absolute atomic E-state index is 0.134. The first-order valence-electron chi connectivity index (χ1n) is 3.64. The zero-order valence-corrected chi connectivity index (χ0v) is 6.77. The maximum absolute atomic E-state index is 11.7. The van der Waals surface area contributed by atoms with Crippen molar-refractivity contribution in [2.24, 2.45) is 5.73 Å². The van der Waals surface area contributed by atoms with E-state index in [1.807, 2.05) is 0 Å². The lowest BCUT2D eigenvalue weighted by molar-refractivity contribution is -0.174. The lowest BCUT2D eigenvalue weighted by Crippen LogP contribution is -2.45. The van der Waals surface area contributed by atoms with Gasteiger partial charge in [0.25, 0.3) is 0 Å². The van der Waals surface area contributed by atoms with Gasteiger partial charge in [-0.3, -0.25) is 4.79 Å². The number of alkyl halides is 3. The van der Waals surface area contributed by atoms with E-state index in [1.165, 1.54) is 0 Å². The average molecular weight is 200 g/mol. The van der Waals surface area contributed by atoms with E-state index in [0.717, 1.165) is 5.32 Å². The lowest BCUT2D eigenvalue weighted by atomic mass is 10.1. The number of nitrogens with two attached hydrogens (primary N) is 1. The highest BCUT2D eigenvalue weighted by Gasteiger charge is 2.33. The molecule has 4 nitrogen and oxygen atoms in total. The molecule has 0 aliphatic carbocycles. The quantitative estimate of drug-likeness (QED) is 0.557. The van der Waals surface area contributed by atoms with Crippen molar-refractivity contribution < 1.29 is 23.1 Å². The molecule has 0 rings (SSSR count). The fourth-order valence-electron chi connectivity index (χ4n) is 0.777. The largest absolute Gasteiger partial charge is 0.480 e. The molecule has 4 N–H and O–H groups in total. The summed E-state index contributed by atoms with van der Waals surface area (Å²) in [6.45, 7) is 0.170. The first-order valence-corrected chi connectivity index (χ1v) is 3.64. The molecule has 0 aliphatic rings. The number of aliphatic carboxylic acids is 1. The molecule has 0 saturated carbocycles. The van der Waals surface area contributed by atoms with Crippen molar-refractivity contribution in [3.63, 3.8) is 0 Å². The molecule has 0 heterocycles. The molecule has 1 atom stereocenters. The first-order chi connectivity index (χ1) is 5.87. The Morgan fingerprint density at radius 3 is 2.38 bits per heavy atom. The molecule has 0 saturated heterocycles. The molecule has 13 heavy (non-hydrogen) atoms. The predicted molar refractivity (Wildman–Crippen MR) is 38.9 cm³/mol. The molecule has 0 fully saturated rings. The van der Waals surface area contributed by atoms with E-state index in [4.69, 9.17) is 10.8 Å². The van der Waals surface area contributed by atoms with Gasteiger partial charge in [-0.15, -0.1) is 0 Å². The molecule has 0 radical (unpaired) electrons. The van der Waals surface area contributed by atoms with Gasteiger partial charge in [0.15, 0.2) is 0 Å². The summed E-state index contributed by atoms with van der Waals surface area (Å²) in [5.41, 5.74) is 5.04. The van der Waals surface area contributed by atoms with Gasteiger partial charge in [-0.1, -0.05) is 0 Å². The lowest BCUT2D eigenvalue weighted by Gasteiger charge is -2.15. The standard InChI is InChI=1S/C6H11F3N2O2/c7-6(8,9)11-4(5(12)13)2-1-3-10/h4,11H,1-3,10H2,(H,12,13). The van der Waals surface area contributed by atoms with Crippen molar-refractivity contribution in [1.29, 1.82) is 0 Å². The van der Waals surface area contributed by atoms with Crippen molar-refractivity contribution in [2.45, 2.75) is 25.2 Å². The number of halogens is 3. The third-order valence-corrected chi connectivity index (χ3v) is 1.33. The summed E-state index contributed by atoms with van der Waals surface area (Å²) in [4.78, 5) is 10.3. The van der Waals surface area contributed by atoms with Gasteiger partial charge >= 0.3 is 12.3 Å². The molecule has 0 spiro atoms. The summed E-state index contributed by atoms with van der Waals surface area (Å²) in [5, 5.41) is 9.40. The summed E-state index contributed by atoms with van der Waals surface area (Å²) in [7, 11) is 0. The van der Waals surface area contributed by atoms with Crippen LogP contribution in [0.4, 0.5) is 13.2 Å². The highest BCUT2D eigenvalue weighted by atomic mass is 19.4. The zero-order chi connectivity index (χ0) is 10.5. The number of rotatable bonds is 5. The van der Waals surface area contributed by atoms with Crippen LogP contribution < -0.4 is 11.1 Å². The second kappa shape index (κ2) is 5.03. The molecule has 0 aromatic heterocycles. The van der Waals surface area contributed by atoms with Gasteiger partial charge in [-0.05, 0) is 19.4 Å². The van der Waals surface area contributed by atoms with Crippen LogP contribution in [0.2, 0.25) is 0 Å². The minimum Gasteiger partial charge on any atom is -0.480 e. The van der Waals surface area contributed by atoms with Crippen molar-refractivity contribution in [2.75, 3.05) is 6.54 Å². The highest BCUT2D eigenvalue weighted by Crippen LogP contribution is 2.12. The van der Waals surface area contributed by atoms with Crippen LogP contribution in [0.25, 0.3) is 0 Å². The number of carboxylic acids is 1. The Kier molecular flexibility index (Phi) is 4.71. The highest BCUT2D eigenvalue weighted by molar-refractivity contribution is 5.73. The fourth-order valence-corrected chi connectivity index (χ4v) is 0.777. The normalized spacial score (nSPS) is 14.2. The van der Waals surface area contributed by atoms with E-state index in [2.05, 4.69) is 0 Å². The van der Waals surface area contributed by atoms with Gasteiger partial charge in [0, 0.05) is 0 Å². The van der Waals surface area contributed by atoms with Crippen LogP contribution in [0, 0.1) is 0 Å². The molecular formula is C6H11F3N2O2. The van der Waals surface area contributed by atoms with E-state index in [1.54, 1.807) is 0 Å². The monoisotopic (exact) mass is 200 g/mol. The topological polar surface area (TPSA) is 75.3 Å². The molecule has 1 unspecified atom stereocenters. The van der Waals surface area contributed by atoms with Crippen LogP contribution in [0.15, 0.2) is 0 Å². The van der Waals surface area contributed by atoms with E-state index >= 15 is 0 Å². The Morgan fingerprint density at radius 2 is 2.08 bits per heavy atom. The molecule has 78 valence electrons. The maximum Gasteiger partial charge on any atom is 0.457 e. The Hall–Kier alpha value is -0.820. The number of carbonyl (C=O) groups is 1. The fraction of sp³-hybridized carbons (Fsp3) is 0.833. The summed E-state index contributed by atoms with van der Waals surface area (Å²) < 4.78 is 35.1. The van der Waals surface area contributed by atoms with Gasteiger partial charge in [0.2, 0.25) is 0 Å². The summed E-state index contributed by atoms with van der Waals surface area (Å²) in [6.07, 6.45) is -4.57. The maximum atomic E-state index is 11.7. The molecular weight excluding hydrogens is 189 g/mol. The van der Waals surface area contributed by atoms with Crippen LogP contribution >= 0.6 is 0 Å². The molecule has 0 amide bonds. The number of nitrogens with one attached hydrogen (secondary N) is 1. The van der Waals surface area contributed by atoms with Crippen LogP contribution in [-0.4, -0.2) is 30.0 Å². The van der Waals surface area contributed by atoms with Gasteiger partial charge in [0.1, 0.15) is 6.04 Å². The Morgan fingerprint density at radius 1 is 1.54 bits per heavy atom. The molecule has 0 bridgehead atoms. The van der Waals surface area contributed by atoms with Crippen molar-refractivity contribution in [3.05, 3.63) is 0 Å². The molecule has 0 aromatic carbocycles. The molecule has 7 heteroatoms. The van der Waals surface area contributed by atoms with Crippen molar-refractivity contribution >= 4 is 5.97 Å². The van der Waals surface area contributed by atoms with Crippen molar-refractivity contribution in [1.82, 2.24) is 5.32 Å². The summed E-state index contributed by atoms with van der Waals surface area (Å²) >= 11 is 0. The van der Waals surface area contributed by atoms with Crippen molar-refractivity contribution in [3.8, 4) is 0 Å². The van der Waals surface area contributed by atoms with Crippen LogP contribution in [-0.2, 0) is 4.79 Å². The smallest absolute Gasteiger partial charge is 0.457 e. The van der Waals surface area contributed by atoms with E-state index in [0.29, 0.717) is 0 Å². The van der Waals surface area contributed by atoms with Crippen LogP contribution in [0.1, 0.15) is 12.8 Å². The molecule has 0 aliphatic heterocycles. The van der Waals surface area contributed by atoms with Gasteiger partial charge in [-0.25, -0.2) is 5.32 Å². The van der Waals surface area contributed by atoms with Gasteiger partial charge in [0.05, 0.1) is 0 Å². The number of carboxylic acid groups (broad SMARTS) is 1. The third-order valence-electron chi connectivity index (χ3n) is 1.33. The zero-order valence-electron chi connectivity index (χ0n) is 6.77.